The Hall–Kier alpha value is -1.65. The van der Waals surface area contributed by atoms with Crippen molar-refractivity contribution in [2.24, 2.45) is 34.8 Å². The number of thiophene rings is 1. The Labute approximate surface area is 174 Å². The molecule has 28 heavy (non-hydrogen) atoms. The molecule has 4 saturated carbocycles. The van der Waals surface area contributed by atoms with Crippen LogP contribution in [-0.2, 0) is 4.79 Å². The largest absolute Gasteiger partial charge is 0.369 e. The normalized spacial score (nSPS) is 33.2. The summed E-state index contributed by atoms with van der Waals surface area (Å²) in [7, 11) is 0. The summed E-state index contributed by atoms with van der Waals surface area (Å²) < 4.78 is 0. The minimum Gasteiger partial charge on any atom is -0.369 e. The Balaban J connectivity index is 1.33. The lowest BCUT2D eigenvalue weighted by molar-refractivity contribution is -0.149. The van der Waals surface area contributed by atoms with Crippen molar-refractivity contribution in [1.29, 1.82) is 0 Å². The zero-order valence-electron chi connectivity index (χ0n) is 15.7. The molecule has 1 heterocycles. The van der Waals surface area contributed by atoms with Gasteiger partial charge in [0, 0.05) is 27.3 Å². The monoisotopic (exact) mass is 413 g/mol. The number of hydrogen-bond donors (Lipinski definition) is 1. The molecule has 5 heteroatoms. The van der Waals surface area contributed by atoms with Crippen LogP contribution in [0.5, 0.6) is 0 Å². The van der Waals surface area contributed by atoms with E-state index in [2.05, 4.69) is 0 Å². The molecule has 1 amide bonds. The molecular formula is C23H24ClNO2S. The van der Waals surface area contributed by atoms with E-state index in [1.807, 2.05) is 36.4 Å². The lowest BCUT2D eigenvalue weighted by atomic mass is 9.45. The minimum atomic E-state index is -0.282. The van der Waals surface area contributed by atoms with Gasteiger partial charge in [0.05, 0.1) is 4.88 Å². The van der Waals surface area contributed by atoms with Crippen LogP contribution in [0.3, 0.4) is 0 Å². The predicted octanol–water partition coefficient (Wildman–Crippen LogP) is 5.57. The van der Waals surface area contributed by atoms with E-state index in [0.29, 0.717) is 35.1 Å². The second-order valence-corrected chi connectivity index (χ2v) is 10.5. The Morgan fingerprint density at radius 1 is 1.07 bits per heavy atom. The quantitative estimate of drug-likeness (QED) is 0.651. The Morgan fingerprint density at radius 2 is 1.79 bits per heavy atom. The first-order valence-electron chi connectivity index (χ1n) is 10.1. The highest BCUT2D eigenvalue weighted by Crippen LogP contribution is 2.62. The predicted molar refractivity (Wildman–Crippen MR) is 112 cm³/mol. The van der Waals surface area contributed by atoms with Crippen molar-refractivity contribution in [1.82, 2.24) is 0 Å². The van der Waals surface area contributed by atoms with Crippen LogP contribution in [0.1, 0.15) is 48.2 Å². The van der Waals surface area contributed by atoms with E-state index in [1.165, 1.54) is 24.2 Å². The number of amides is 1. The summed E-state index contributed by atoms with van der Waals surface area (Å²) in [4.78, 5) is 27.0. The van der Waals surface area contributed by atoms with Crippen LogP contribution in [0.15, 0.2) is 36.4 Å². The van der Waals surface area contributed by atoms with Crippen LogP contribution in [0.2, 0.25) is 5.02 Å². The number of hydrogen-bond acceptors (Lipinski definition) is 3. The minimum absolute atomic E-state index is 0.112. The van der Waals surface area contributed by atoms with Crippen LogP contribution in [-0.4, -0.2) is 11.7 Å². The Bertz CT molecular complexity index is 936. The van der Waals surface area contributed by atoms with E-state index < -0.39 is 0 Å². The summed E-state index contributed by atoms with van der Waals surface area (Å²) in [6, 6.07) is 11.7. The molecule has 0 radical (unpaired) electrons. The lowest BCUT2D eigenvalue weighted by Crippen LogP contribution is -2.56. The van der Waals surface area contributed by atoms with Crippen molar-refractivity contribution in [3.8, 4) is 10.4 Å². The van der Waals surface area contributed by atoms with Gasteiger partial charge in [0.25, 0.3) is 0 Å². The van der Waals surface area contributed by atoms with Crippen molar-refractivity contribution >= 4 is 34.6 Å². The zero-order chi connectivity index (χ0) is 19.5. The van der Waals surface area contributed by atoms with Gasteiger partial charge in [-0.25, -0.2) is 0 Å². The van der Waals surface area contributed by atoms with Gasteiger partial charge in [-0.3, -0.25) is 9.59 Å². The van der Waals surface area contributed by atoms with Crippen LogP contribution in [0.4, 0.5) is 0 Å². The van der Waals surface area contributed by atoms with E-state index in [0.717, 1.165) is 34.6 Å². The first-order chi connectivity index (χ1) is 13.4. The van der Waals surface area contributed by atoms with E-state index in [4.69, 9.17) is 17.3 Å². The molecule has 4 aliphatic rings. The summed E-state index contributed by atoms with van der Waals surface area (Å²) in [6.45, 7) is 0. The molecule has 146 valence electrons. The zero-order valence-corrected chi connectivity index (χ0v) is 17.3. The second-order valence-electron chi connectivity index (χ2n) is 9.05. The fraction of sp³-hybridized carbons (Fsp3) is 0.478. The van der Waals surface area contributed by atoms with E-state index >= 15 is 0 Å². The molecule has 0 spiro atoms. The number of ketones is 1. The summed E-state index contributed by atoms with van der Waals surface area (Å²) in [5, 5.41) is 0.709. The SMILES string of the molecule is NC(=O)C12CC3CC(C1)C(CC(=O)c1ccc(-c4ccccc4Cl)s1)C(C3)C2. The topological polar surface area (TPSA) is 60.2 Å². The van der Waals surface area contributed by atoms with Gasteiger partial charge in [-0.1, -0.05) is 29.8 Å². The standard InChI is InChI=1S/C23H24ClNO2S/c24-18-4-2-1-3-16(18)20-5-6-21(28-20)19(26)9-17-14-7-13-8-15(17)12-23(10-13,11-14)22(25)27/h1-6,13-15,17H,7-12H2,(H2,25,27). The maximum absolute atomic E-state index is 13.1. The average molecular weight is 414 g/mol. The number of rotatable bonds is 5. The van der Waals surface area contributed by atoms with Gasteiger partial charge >= 0.3 is 0 Å². The molecule has 1 aromatic heterocycles. The molecular weight excluding hydrogens is 390 g/mol. The molecule has 4 bridgehead atoms. The van der Waals surface area contributed by atoms with Crippen LogP contribution < -0.4 is 5.73 Å². The number of halogens is 1. The summed E-state index contributed by atoms with van der Waals surface area (Å²) >= 11 is 7.84. The first-order valence-corrected chi connectivity index (χ1v) is 11.3. The van der Waals surface area contributed by atoms with Gasteiger partial charge in [-0.2, -0.15) is 0 Å². The van der Waals surface area contributed by atoms with E-state index in [9.17, 15) is 9.59 Å². The fourth-order valence-corrected chi connectivity index (χ4v) is 7.66. The smallest absolute Gasteiger partial charge is 0.223 e. The molecule has 1 aromatic carbocycles. The molecule has 2 atom stereocenters. The van der Waals surface area contributed by atoms with Crippen molar-refractivity contribution < 1.29 is 9.59 Å². The summed E-state index contributed by atoms with van der Waals surface area (Å²) in [5.74, 6) is 2.11. The highest BCUT2D eigenvalue weighted by molar-refractivity contribution is 7.17. The van der Waals surface area contributed by atoms with Gasteiger partial charge in [-0.15, -0.1) is 11.3 Å². The maximum Gasteiger partial charge on any atom is 0.223 e. The Kier molecular flexibility index (Phi) is 4.40. The van der Waals surface area contributed by atoms with Gasteiger partial charge in [-0.05, 0) is 74.0 Å². The molecule has 4 fully saturated rings. The molecule has 2 N–H and O–H groups in total. The number of carbonyl (C=O) groups excluding carboxylic acids is 2. The number of primary amides is 1. The number of carbonyl (C=O) groups is 2. The van der Waals surface area contributed by atoms with Crippen molar-refractivity contribution in [3.63, 3.8) is 0 Å². The van der Waals surface area contributed by atoms with Gasteiger partial charge < -0.3 is 5.73 Å². The van der Waals surface area contributed by atoms with E-state index in [1.54, 1.807) is 0 Å². The van der Waals surface area contributed by atoms with Crippen molar-refractivity contribution in [2.45, 2.75) is 38.5 Å². The summed E-state index contributed by atoms with van der Waals surface area (Å²) in [5.41, 5.74) is 6.48. The lowest BCUT2D eigenvalue weighted by Gasteiger charge is -2.59. The summed E-state index contributed by atoms with van der Waals surface area (Å²) in [6.07, 6.45) is 5.68. The first kappa shape index (κ1) is 18.4. The average Bonchev–Trinajstić information content (AvgIpc) is 3.14. The molecule has 2 unspecified atom stereocenters. The molecule has 4 aliphatic carbocycles. The van der Waals surface area contributed by atoms with Gasteiger partial charge in [0.15, 0.2) is 5.78 Å². The van der Waals surface area contributed by atoms with Crippen LogP contribution in [0, 0.1) is 29.1 Å². The highest BCUT2D eigenvalue weighted by atomic mass is 35.5. The number of Topliss-reactive ketones (excluding diaryl/α,β-unsaturated/α-hetero) is 1. The third kappa shape index (κ3) is 2.93. The van der Waals surface area contributed by atoms with Crippen LogP contribution in [0.25, 0.3) is 10.4 Å². The van der Waals surface area contributed by atoms with Gasteiger partial charge in [0.2, 0.25) is 5.91 Å². The van der Waals surface area contributed by atoms with E-state index in [-0.39, 0.29) is 17.1 Å². The number of nitrogens with two attached hydrogens (primary N) is 1. The van der Waals surface area contributed by atoms with Crippen molar-refractivity contribution in [3.05, 3.63) is 46.3 Å². The maximum atomic E-state index is 13.1. The fourth-order valence-electron chi connectivity index (χ4n) is 6.37. The second kappa shape index (κ2) is 6.70. The molecule has 0 saturated heterocycles. The Morgan fingerprint density at radius 3 is 2.46 bits per heavy atom. The third-order valence-corrected chi connectivity index (χ3v) is 8.92. The molecule has 3 nitrogen and oxygen atoms in total. The van der Waals surface area contributed by atoms with Gasteiger partial charge in [0.1, 0.15) is 0 Å². The van der Waals surface area contributed by atoms with Crippen molar-refractivity contribution in [2.75, 3.05) is 0 Å². The highest BCUT2D eigenvalue weighted by Gasteiger charge is 2.57. The number of benzene rings is 1. The molecule has 6 rings (SSSR count). The van der Waals surface area contributed by atoms with Crippen LogP contribution >= 0.6 is 22.9 Å². The molecule has 2 aromatic rings. The third-order valence-electron chi connectivity index (χ3n) is 7.43. The molecule has 0 aliphatic heterocycles.